The van der Waals surface area contributed by atoms with Gasteiger partial charge in [-0.3, -0.25) is 18.8 Å². The third-order valence-electron chi connectivity index (χ3n) is 8.34. The molecule has 3 saturated carbocycles. The molecule has 2 aromatic rings. The van der Waals surface area contributed by atoms with Crippen molar-refractivity contribution in [1.29, 1.82) is 0 Å². The molecule has 1 aliphatic heterocycles. The number of amides is 3. The van der Waals surface area contributed by atoms with Crippen LogP contribution in [-0.4, -0.2) is 58.2 Å². The van der Waals surface area contributed by atoms with Crippen molar-refractivity contribution in [2.45, 2.75) is 46.0 Å². The highest BCUT2D eigenvalue weighted by molar-refractivity contribution is 5.97. The van der Waals surface area contributed by atoms with Gasteiger partial charge in [-0.25, -0.2) is 4.98 Å². The lowest BCUT2D eigenvalue weighted by atomic mass is 9.45. The van der Waals surface area contributed by atoms with E-state index >= 15 is 0 Å². The predicted molar refractivity (Wildman–Crippen MR) is 124 cm³/mol. The minimum Gasteiger partial charge on any atom is -0.350 e. The van der Waals surface area contributed by atoms with Gasteiger partial charge in [0.2, 0.25) is 5.91 Å². The summed E-state index contributed by atoms with van der Waals surface area (Å²) in [6.07, 6.45) is 7.30. The van der Waals surface area contributed by atoms with E-state index in [-0.39, 0.29) is 24.1 Å². The van der Waals surface area contributed by atoms with Crippen LogP contribution in [0.5, 0.6) is 0 Å². The molecule has 0 unspecified atom stereocenters. The molecule has 6 rings (SSSR count). The van der Waals surface area contributed by atoms with Crippen molar-refractivity contribution in [2.75, 3.05) is 26.2 Å². The molecule has 3 aliphatic carbocycles. The Morgan fingerprint density at radius 3 is 2.61 bits per heavy atom. The number of hydrogen-bond donors (Lipinski definition) is 2. The smallest absolute Gasteiger partial charge is 0.271 e. The van der Waals surface area contributed by atoms with Gasteiger partial charge in [-0.15, -0.1) is 0 Å². The average Bonchev–Trinajstić information content (AvgIpc) is 3.50. The highest BCUT2D eigenvalue weighted by Crippen LogP contribution is 2.61. The van der Waals surface area contributed by atoms with Gasteiger partial charge in [-0.1, -0.05) is 19.9 Å². The van der Waals surface area contributed by atoms with E-state index in [0.717, 1.165) is 31.8 Å². The lowest BCUT2D eigenvalue weighted by molar-refractivity contribution is -0.129. The van der Waals surface area contributed by atoms with Crippen molar-refractivity contribution in [3.8, 4) is 0 Å². The van der Waals surface area contributed by atoms with Crippen LogP contribution in [0, 0.1) is 23.2 Å². The van der Waals surface area contributed by atoms with Crippen LogP contribution in [0.2, 0.25) is 0 Å². The summed E-state index contributed by atoms with van der Waals surface area (Å²) in [4.78, 5) is 43.9. The van der Waals surface area contributed by atoms with E-state index in [1.807, 2.05) is 0 Å². The Labute approximate surface area is 194 Å². The summed E-state index contributed by atoms with van der Waals surface area (Å²) in [6.45, 7) is 6.85. The van der Waals surface area contributed by atoms with Gasteiger partial charge in [0.25, 0.3) is 11.8 Å². The number of aromatic nitrogens is 2. The molecule has 176 valence electrons. The van der Waals surface area contributed by atoms with Gasteiger partial charge in [0.05, 0.1) is 6.54 Å². The molecule has 0 radical (unpaired) electrons. The Bertz CT molecular complexity index is 1080. The summed E-state index contributed by atoms with van der Waals surface area (Å²) < 4.78 is 1.65. The Balaban J connectivity index is 1.23. The summed E-state index contributed by atoms with van der Waals surface area (Å²) in [5.74, 6) is 1.39. The molecule has 8 nitrogen and oxygen atoms in total. The molecule has 0 aromatic carbocycles. The number of likely N-dealkylation sites (tertiary alicyclic amines) is 1. The van der Waals surface area contributed by atoms with E-state index in [1.165, 1.54) is 19.3 Å². The maximum Gasteiger partial charge on any atom is 0.271 e. The van der Waals surface area contributed by atoms with Crippen LogP contribution in [0.3, 0.4) is 0 Å². The molecule has 2 aromatic heterocycles. The van der Waals surface area contributed by atoms with E-state index in [9.17, 15) is 14.4 Å². The van der Waals surface area contributed by atoms with Gasteiger partial charge < -0.3 is 15.5 Å². The third-order valence-corrected chi connectivity index (χ3v) is 8.34. The molecule has 4 fully saturated rings. The zero-order valence-corrected chi connectivity index (χ0v) is 19.5. The van der Waals surface area contributed by atoms with E-state index in [0.29, 0.717) is 35.1 Å². The Kier molecular flexibility index (Phi) is 5.62. The fraction of sp³-hybridized carbons (Fsp3) is 0.600. The lowest BCUT2D eigenvalue weighted by Gasteiger charge is -2.60. The topological polar surface area (TPSA) is 95.8 Å². The predicted octanol–water partition coefficient (Wildman–Crippen LogP) is 2.49. The first kappa shape index (κ1) is 21.9. The van der Waals surface area contributed by atoms with Crippen molar-refractivity contribution >= 4 is 23.4 Å². The Hall–Kier alpha value is -2.90. The van der Waals surface area contributed by atoms with Crippen LogP contribution in [0.4, 0.5) is 0 Å². The largest absolute Gasteiger partial charge is 0.350 e. The Morgan fingerprint density at radius 1 is 1.09 bits per heavy atom. The van der Waals surface area contributed by atoms with Crippen molar-refractivity contribution in [1.82, 2.24) is 24.9 Å². The second kappa shape index (κ2) is 8.47. The summed E-state index contributed by atoms with van der Waals surface area (Å²) in [5, 5.41) is 5.79. The summed E-state index contributed by atoms with van der Waals surface area (Å²) in [5.41, 5.74) is 1.56. The fourth-order valence-corrected chi connectivity index (χ4v) is 6.15. The van der Waals surface area contributed by atoms with Gasteiger partial charge in [0.1, 0.15) is 17.0 Å². The van der Waals surface area contributed by atoms with E-state index < -0.39 is 5.91 Å². The van der Waals surface area contributed by atoms with Gasteiger partial charge in [-0.05, 0) is 67.4 Å². The first-order chi connectivity index (χ1) is 15.8. The van der Waals surface area contributed by atoms with Gasteiger partial charge in [-0.2, -0.15) is 0 Å². The monoisotopic (exact) mass is 451 g/mol. The van der Waals surface area contributed by atoms with Crippen LogP contribution >= 0.6 is 0 Å². The molecular weight excluding hydrogens is 418 g/mol. The minimum atomic E-state index is -0.415. The molecule has 8 heteroatoms. The number of pyridine rings is 1. The third kappa shape index (κ3) is 4.00. The van der Waals surface area contributed by atoms with Crippen LogP contribution in [0.1, 0.15) is 66.9 Å². The molecule has 0 spiro atoms. The molecular formula is C25H33N5O3. The average molecular weight is 452 g/mol. The van der Waals surface area contributed by atoms with E-state index in [1.54, 1.807) is 33.7 Å². The number of imidazole rings is 1. The second-order valence-electron chi connectivity index (χ2n) is 10.4. The summed E-state index contributed by atoms with van der Waals surface area (Å²) >= 11 is 0. The molecule has 3 heterocycles. The molecule has 33 heavy (non-hydrogen) atoms. The number of carbonyl (C=O) groups is 3. The zero-order valence-electron chi connectivity index (χ0n) is 19.5. The fourth-order valence-electron chi connectivity index (χ4n) is 6.15. The number of fused-ring (bicyclic) bond motifs is 3. The molecule has 1 saturated heterocycles. The first-order valence-electron chi connectivity index (χ1n) is 12.2. The highest BCUT2D eigenvalue weighted by atomic mass is 16.2. The number of nitrogens with one attached hydrogen (secondary N) is 2. The number of nitrogens with zero attached hydrogens (tertiary/aromatic N) is 3. The maximum absolute atomic E-state index is 13.0. The SMILES string of the molecule is CC1(C)[C@H]2CC[C@@H](CNC(=O)c3cccc4nc(C(=O)NCC(=O)N5CCCC5)cn34)[C@@H]1C2. The minimum absolute atomic E-state index is 0.0419. The van der Waals surface area contributed by atoms with Crippen LogP contribution in [-0.2, 0) is 4.79 Å². The zero-order chi connectivity index (χ0) is 23.2. The molecule has 4 aliphatic rings. The van der Waals surface area contributed by atoms with Crippen LogP contribution in [0.15, 0.2) is 24.4 Å². The summed E-state index contributed by atoms with van der Waals surface area (Å²) in [6, 6.07) is 5.28. The Morgan fingerprint density at radius 2 is 1.88 bits per heavy atom. The summed E-state index contributed by atoms with van der Waals surface area (Å²) in [7, 11) is 0. The van der Waals surface area contributed by atoms with Crippen molar-refractivity contribution in [2.24, 2.45) is 23.2 Å². The van der Waals surface area contributed by atoms with Crippen LogP contribution in [0.25, 0.3) is 5.65 Å². The van der Waals surface area contributed by atoms with Crippen molar-refractivity contribution in [3.05, 3.63) is 35.8 Å². The van der Waals surface area contributed by atoms with Crippen LogP contribution < -0.4 is 10.6 Å². The number of hydrogen-bond acceptors (Lipinski definition) is 4. The van der Waals surface area contributed by atoms with Gasteiger partial charge in [0.15, 0.2) is 0 Å². The van der Waals surface area contributed by atoms with Crippen molar-refractivity contribution in [3.63, 3.8) is 0 Å². The second-order valence-corrected chi connectivity index (χ2v) is 10.4. The van der Waals surface area contributed by atoms with Gasteiger partial charge in [0, 0.05) is 25.8 Å². The maximum atomic E-state index is 13.0. The standard InChI is InChI=1S/C25H33N5O3/c1-25(2)17-9-8-16(18(25)12-17)13-26-24(33)20-6-5-7-21-28-19(15-30(20)21)23(32)27-14-22(31)29-10-3-4-11-29/h5-7,15-18H,3-4,8-14H2,1-2H3,(H,26,33)(H,27,32)/t16-,17-,18-/m0/s1. The lowest BCUT2D eigenvalue weighted by Crippen LogP contribution is -2.54. The number of rotatable bonds is 6. The molecule has 3 atom stereocenters. The number of carbonyl (C=O) groups excluding carboxylic acids is 3. The van der Waals surface area contributed by atoms with E-state index in [2.05, 4.69) is 29.5 Å². The first-order valence-corrected chi connectivity index (χ1v) is 12.2. The quantitative estimate of drug-likeness (QED) is 0.705. The molecule has 2 bridgehead atoms. The molecule has 3 amide bonds. The van der Waals surface area contributed by atoms with E-state index in [4.69, 9.17) is 0 Å². The molecule has 2 N–H and O–H groups in total. The normalized spacial score (nSPS) is 25.5. The van der Waals surface area contributed by atoms with Crippen molar-refractivity contribution < 1.29 is 14.4 Å². The van der Waals surface area contributed by atoms with Gasteiger partial charge >= 0.3 is 0 Å². The highest BCUT2D eigenvalue weighted by Gasteiger charge is 2.53.